The van der Waals surface area contributed by atoms with E-state index < -0.39 is 5.60 Å². The van der Waals surface area contributed by atoms with Crippen LogP contribution in [0.4, 0.5) is 0 Å². The van der Waals surface area contributed by atoms with Crippen LogP contribution < -0.4 is 10.1 Å². The van der Waals surface area contributed by atoms with Crippen LogP contribution in [0.1, 0.15) is 18.4 Å². The van der Waals surface area contributed by atoms with Crippen molar-refractivity contribution in [1.29, 1.82) is 0 Å². The third-order valence-electron chi connectivity index (χ3n) is 3.36. The molecular formula is C14H18BrNO4. The number of benzene rings is 1. The fourth-order valence-electron chi connectivity index (χ4n) is 2.12. The fourth-order valence-corrected chi connectivity index (χ4v) is 2.64. The van der Waals surface area contributed by atoms with Gasteiger partial charge in [0.05, 0.1) is 7.11 Å². The first-order valence-electron chi connectivity index (χ1n) is 6.45. The second-order valence-corrected chi connectivity index (χ2v) is 5.74. The second kappa shape index (κ2) is 6.56. The molecule has 20 heavy (non-hydrogen) atoms. The number of amides is 1. The molecule has 0 unspecified atom stereocenters. The highest BCUT2D eigenvalue weighted by Crippen LogP contribution is 2.23. The Bertz CT molecular complexity index is 486. The molecular weight excluding hydrogens is 326 g/mol. The number of nitrogens with one attached hydrogen (secondary N) is 1. The molecule has 0 aliphatic carbocycles. The first-order valence-corrected chi connectivity index (χ1v) is 7.25. The lowest BCUT2D eigenvalue weighted by atomic mass is 9.93. The van der Waals surface area contributed by atoms with Crippen molar-refractivity contribution in [3.05, 3.63) is 28.2 Å². The van der Waals surface area contributed by atoms with E-state index in [2.05, 4.69) is 21.2 Å². The number of carbonyl (C=O) groups is 1. The third-order valence-corrected chi connectivity index (χ3v) is 3.82. The molecule has 0 atom stereocenters. The Morgan fingerprint density at radius 3 is 2.80 bits per heavy atom. The van der Waals surface area contributed by atoms with Gasteiger partial charge in [-0.3, -0.25) is 4.79 Å². The van der Waals surface area contributed by atoms with Gasteiger partial charge >= 0.3 is 0 Å². The Hall–Kier alpha value is -1.11. The molecule has 2 N–H and O–H groups in total. The van der Waals surface area contributed by atoms with Crippen molar-refractivity contribution in [2.24, 2.45) is 0 Å². The maximum absolute atomic E-state index is 12.1. The largest absolute Gasteiger partial charge is 0.497 e. The SMILES string of the molecule is COc1cc(Br)cc(CNC(=O)C2(O)CCOCC2)c1. The minimum Gasteiger partial charge on any atom is -0.497 e. The van der Waals surface area contributed by atoms with Crippen molar-refractivity contribution in [2.45, 2.75) is 25.0 Å². The summed E-state index contributed by atoms with van der Waals surface area (Å²) in [6.07, 6.45) is 0.668. The van der Waals surface area contributed by atoms with Crippen LogP contribution in [-0.4, -0.2) is 36.9 Å². The summed E-state index contributed by atoms with van der Waals surface area (Å²) in [5.41, 5.74) is -0.408. The van der Waals surface area contributed by atoms with E-state index in [1.165, 1.54) is 0 Å². The van der Waals surface area contributed by atoms with Crippen molar-refractivity contribution in [2.75, 3.05) is 20.3 Å². The van der Waals surface area contributed by atoms with E-state index in [0.29, 0.717) is 38.3 Å². The van der Waals surface area contributed by atoms with E-state index in [-0.39, 0.29) is 5.91 Å². The summed E-state index contributed by atoms with van der Waals surface area (Å²) >= 11 is 3.39. The van der Waals surface area contributed by atoms with Gasteiger partial charge in [0.2, 0.25) is 0 Å². The normalized spacial score (nSPS) is 17.6. The monoisotopic (exact) mass is 343 g/mol. The Labute approximate surface area is 126 Å². The molecule has 1 aliphatic rings. The Balaban J connectivity index is 1.97. The topological polar surface area (TPSA) is 67.8 Å². The molecule has 5 nitrogen and oxygen atoms in total. The molecule has 0 saturated carbocycles. The number of aliphatic hydroxyl groups is 1. The van der Waals surface area contributed by atoms with Crippen LogP contribution in [0.25, 0.3) is 0 Å². The molecule has 1 amide bonds. The van der Waals surface area contributed by atoms with Gasteiger partial charge < -0.3 is 19.9 Å². The molecule has 1 aromatic rings. The first-order chi connectivity index (χ1) is 9.53. The second-order valence-electron chi connectivity index (χ2n) is 4.83. The number of halogens is 1. The molecule has 1 fully saturated rings. The van der Waals surface area contributed by atoms with Crippen LogP contribution in [0.2, 0.25) is 0 Å². The molecule has 1 aromatic carbocycles. The fraction of sp³-hybridized carbons (Fsp3) is 0.500. The quantitative estimate of drug-likeness (QED) is 0.871. The predicted octanol–water partition coefficient (Wildman–Crippen LogP) is 1.62. The van der Waals surface area contributed by atoms with Gasteiger partial charge in [0.15, 0.2) is 0 Å². The van der Waals surface area contributed by atoms with Crippen LogP contribution in [0.5, 0.6) is 5.75 Å². The van der Waals surface area contributed by atoms with Gasteiger partial charge in [-0.1, -0.05) is 15.9 Å². The highest BCUT2D eigenvalue weighted by atomic mass is 79.9. The number of methoxy groups -OCH3 is 1. The van der Waals surface area contributed by atoms with E-state index in [1.54, 1.807) is 7.11 Å². The Morgan fingerprint density at radius 2 is 2.15 bits per heavy atom. The van der Waals surface area contributed by atoms with Crippen molar-refractivity contribution >= 4 is 21.8 Å². The molecule has 1 saturated heterocycles. The van der Waals surface area contributed by atoms with Crippen molar-refractivity contribution in [1.82, 2.24) is 5.32 Å². The summed E-state index contributed by atoms with van der Waals surface area (Å²) in [4.78, 5) is 12.1. The molecule has 0 radical (unpaired) electrons. The Morgan fingerprint density at radius 1 is 1.45 bits per heavy atom. The van der Waals surface area contributed by atoms with E-state index >= 15 is 0 Å². The van der Waals surface area contributed by atoms with Crippen molar-refractivity contribution < 1.29 is 19.4 Å². The molecule has 6 heteroatoms. The molecule has 0 aromatic heterocycles. The minimum atomic E-state index is -1.31. The molecule has 0 bridgehead atoms. The third kappa shape index (κ3) is 3.71. The maximum Gasteiger partial charge on any atom is 0.252 e. The van der Waals surface area contributed by atoms with Crippen LogP contribution >= 0.6 is 15.9 Å². The van der Waals surface area contributed by atoms with Crippen LogP contribution in [0.15, 0.2) is 22.7 Å². The number of hydrogen-bond donors (Lipinski definition) is 2. The first kappa shape index (κ1) is 15.3. The van der Waals surface area contributed by atoms with Crippen LogP contribution in [0.3, 0.4) is 0 Å². The van der Waals surface area contributed by atoms with E-state index in [4.69, 9.17) is 9.47 Å². The average Bonchev–Trinajstić information content (AvgIpc) is 2.45. The molecule has 110 valence electrons. The summed E-state index contributed by atoms with van der Waals surface area (Å²) in [6.45, 7) is 1.17. The van der Waals surface area contributed by atoms with Gasteiger partial charge in [-0.25, -0.2) is 0 Å². The zero-order valence-corrected chi connectivity index (χ0v) is 12.9. The molecule has 1 heterocycles. The molecule has 0 spiro atoms. The summed E-state index contributed by atoms with van der Waals surface area (Å²) in [5, 5.41) is 13.0. The number of hydrogen-bond acceptors (Lipinski definition) is 4. The van der Waals surface area contributed by atoms with Crippen LogP contribution in [0, 0.1) is 0 Å². The molecule has 2 rings (SSSR count). The van der Waals surface area contributed by atoms with E-state index in [1.807, 2.05) is 18.2 Å². The van der Waals surface area contributed by atoms with Gasteiger partial charge in [-0.05, 0) is 23.8 Å². The van der Waals surface area contributed by atoms with Crippen molar-refractivity contribution in [3.8, 4) is 5.75 Å². The van der Waals surface area contributed by atoms with Crippen LogP contribution in [-0.2, 0) is 16.1 Å². The summed E-state index contributed by atoms with van der Waals surface area (Å²) in [7, 11) is 1.59. The summed E-state index contributed by atoms with van der Waals surface area (Å²) in [5.74, 6) is 0.369. The number of rotatable bonds is 4. The highest BCUT2D eigenvalue weighted by molar-refractivity contribution is 9.10. The van der Waals surface area contributed by atoms with Gasteiger partial charge in [-0.2, -0.15) is 0 Å². The number of carbonyl (C=O) groups excluding carboxylic acids is 1. The predicted molar refractivity (Wildman–Crippen MR) is 77.5 cm³/mol. The summed E-state index contributed by atoms with van der Waals surface area (Å²) in [6, 6.07) is 5.59. The van der Waals surface area contributed by atoms with Gasteiger partial charge in [-0.15, -0.1) is 0 Å². The van der Waals surface area contributed by atoms with Gasteiger partial charge in [0.25, 0.3) is 5.91 Å². The van der Waals surface area contributed by atoms with E-state index in [0.717, 1.165) is 10.0 Å². The maximum atomic E-state index is 12.1. The molecule has 1 aliphatic heterocycles. The smallest absolute Gasteiger partial charge is 0.252 e. The van der Waals surface area contributed by atoms with Gasteiger partial charge in [0.1, 0.15) is 11.4 Å². The lowest BCUT2D eigenvalue weighted by Crippen LogP contribution is -2.50. The lowest BCUT2D eigenvalue weighted by Gasteiger charge is -2.30. The minimum absolute atomic E-state index is 0.334. The average molecular weight is 344 g/mol. The van der Waals surface area contributed by atoms with Gasteiger partial charge in [0, 0.05) is 37.1 Å². The van der Waals surface area contributed by atoms with Crippen molar-refractivity contribution in [3.63, 3.8) is 0 Å². The zero-order valence-electron chi connectivity index (χ0n) is 11.3. The zero-order chi connectivity index (χ0) is 14.6. The standard InChI is InChI=1S/C14H18BrNO4/c1-19-12-7-10(6-11(15)8-12)9-16-13(17)14(18)2-4-20-5-3-14/h6-8,18H,2-5,9H2,1H3,(H,16,17). The lowest BCUT2D eigenvalue weighted by molar-refractivity contribution is -0.149. The number of ether oxygens (including phenoxy) is 2. The van der Waals surface area contributed by atoms with E-state index in [9.17, 15) is 9.90 Å². The Kier molecular flexibility index (Phi) is 5.01. The summed E-state index contributed by atoms with van der Waals surface area (Å²) < 4.78 is 11.2. The highest BCUT2D eigenvalue weighted by Gasteiger charge is 2.37.